The standard InChI is InChI=1S/C23H24N2O4/c1-16(26)29-21-9-5-8-18(15-21)23(28)25-20-12-10-19(11-13-20)24-22(27)14-17-6-3-2-4-7-17/h5,8-15H,2-4,6-7H2,1H3,(H,24,27)(H,25,28). The maximum absolute atomic E-state index is 12.4. The second kappa shape index (κ2) is 9.68. The fourth-order valence-corrected chi connectivity index (χ4v) is 3.22. The minimum absolute atomic E-state index is 0.124. The van der Waals surface area contributed by atoms with Crippen molar-refractivity contribution in [2.24, 2.45) is 0 Å². The molecule has 1 aliphatic rings. The summed E-state index contributed by atoms with van der Waals surface area (Å²) in [7, 11) is 0. The maximum Gasteiger partial charge on any atom is 0.308 e. The first-order chi connectivity index (χ1) is 14.0. The average molecular weight is 392 g/mol. The lowest BCUT2D eigenvalue weighted by Crippen LogP contribution is -2.13. The molecule has 0 saturated heterocycles. The van der Waals surface area contributed by atoms with Crippen LogP contribution >= 0.6 is 0 Å². The van der Waals surface area contributed by atoms with Crippen LogP contribution in [0, 0.1) is 0 Å². The molecule has 2 amide bonds. The van der Waals surface area contributed by atoms with Crippen LogP contribution < -0.4 is 15.4 Å². The van der Waals surface area contributed by atoms with E-state index in [1.807, 2.05) is 0 Å². The van der Waals surface area contributed by atoms with Crippen LogP contribution in [0.15, 0.2) is 60.2 Å². The van der Waals surface area contributed by atoms with Crippen molar-refractivity contribution in [3.63, 3.8) is 0 Å². The van der Waals surface area contributed by atoms with Crippen molar-refractivity contribution in [3.05, 3.63) is 65.7 Å². The third-order valence-corrected chi connectivity index (χ3v) is 4.60. The molecule has 29 heavy (non-hydrogen) atoms. The highest BCUT2D eigenvalue weighted by Gasteiger charge is 2.10. The molecular weight excluding hydrogens is 368 g/mol. The van der Waals surface area contributed by atoms with Gasteiger partial charge in [-0.2, -0.15) is 0 Å². The Morgan fingerprint density at radius 3 is 2.21 bits per heavy atom. The summed E-state index contributed by atoms with van der Waals surface area (Å²) in [6, 6.07) is 13.3. The van der Waals surface area contributed by atoms with Gasteiger partial charge in [-0.25, -0.2) is 0 Å². The Morgan fingerprint density at radius 1 is 0.897 bits per heavy atom. The predicted octanol–water partition coefficient (Wildman–Crippen LogP) is 4.69. The Labute approximate surface area is 170 Å². The molecule has 0 aromatic heterocycles. The summed E-state index contributed by atoms with van der Waals surface area (Å²) < 4.78 is 5.00. The van der Waals surface area contributed by atoms with Crippen LogP contribution in [0.3, 0.4) is 0 Å². The molecule has 0 radical (unpaired) electrons. The van der Waals surface area contributed by atoms with E-state index in [0.717, 1.165) is 25.7 Å². The summed E-state index contributed by atoms with van der Waals surface area (Å²) in [4.78, 5) is 35.6. The van der Waals surface area contributed by atoms with Gasteiger partial charge in [0.2, 0.25) is 5.91 Å². The van der Waals surface area contributed by atoms with E-state index in [1.54, 1.807) is 48.5 Å². The quantitative estimate of drug-likeness (QED) is 0.439. The van der Waals surface area contributed by atoms with Crippen molar-refractivity contribution in [2.75, 3.05) is 10.6 Å². The Morgan fingerprint density at radius 2 is 1.55 bits per heavy atom. The molecule has 0 spiro atoms. The summed E-state index contributed by atoms with van der Waals surface area (Å²) in [6.45, 7) is 1.30. The largest absolute Gasteiger partial charge is 0.427 e. The normalized spacial score (nSPS) is 13.3. The van der Waals surface area contributed by atoms with Crippen LogP contribution in [0.5, 0.6) is 5.75 Å². The lowest BCUT2D eigenvalue weighted by Gasteiger charge is -2.13. The molecule has 0 heterocycles. The highest BCUT2D eigenvalue weighted by molar-refractivity contribution is 6.05. The summed E-state index contributed by atoms with van der Waals surface area (Å²) in [5.74, 6) is -0.576. The highest BCUT2D eigenvalue weighted by Crippen LogP contribution is 2.23. The van der Waals surface area contributed by atoms with Crippen molar-refractivity contribution in [1.82, 2.24) is 0 Å². The molecule has 2 N–H and O–H groups in total. The summed E-state index contributed by atoms with van der Waals surface area (Å²) in [5.41, 5.74) is 2.84. The van der Waals surface area contributed by atoms with Crippen molar-refractivity contribution < 1.29 is 19.1 Å². The predicted molar refractivity (Wildman–Crippen MR) is 112 cm³/mol. The molecule has 0 unspecified atom stereocenters. The first kappa shape index (κ1) is 20.3. The number of anilines is 2. The van der Waals surface area contributed by atoms with E-state index in [0.29, 0.717) is 22.7 Å². The summed E-state index contributed by atoms with van der Waals surface area (Å²) in [5, 5.41) is 5.63. The number of rotatable bonds is 5. The van der Waals surface area contributed by atoms with E-state index >= 15 is 0 Å². The summed E-state index contributed by atoms with van der Waals surface area (Å²) >= 11 is 0. The maximum atomic E-state index is 12.4. The monoisotopic (exact) mass is 392 g/mol. The van der Waals surface area contributed by atoms with Gasteiger partial charge >= 0.3 is 5.97 Å². The van der Waals surface area contributed by atoms with E-state index in [-0.39, 0.29) is 11.8 Å². The number of nitrogens with one attached hydrogen (secondary N) is 2. The minimum Gasteiger partial charge on any atom is -0.427 e. The van der Waals surface area contributed by atoms with Crippen LogP contribution in [0.25, 0.3) is 0 Å². The molecule has 150 valence electrons. The zero-order valence-corrected chi connectivity index (χ0v) is 16.4. The Bertz CT molecular complexity index is 924. The number of ether oxygens (including phenoxy) is 1. The molecule has 1 saturated carbocycles. The van der Waals surface area contributed by atoms with Gasteiger partial charge in [0.15, 0.2) is 0 Å². The average Bonchev–Trinajstić information content (AvgIpc) is 2.70. The Balaban J connectivity index is 1.58. The van der Waals surface area contributed by atoms with Crippen molar-refractivity contribution in [2.45, 2.75) is 39.0 Å². The SMILES string of the molecule is CC(=O)Oc1cccc(C(=O)Nc2ccc(NC(=O)C=C3CCCCC3)cc2)c1. The van der Waals surface area contributed by atoms with Gasteiger partial charge in [-0.05, 0) is 68.1 Å². The number of amides is 2. The molecule has 2 aromatic rings. The van der Waals surface area contributed by atoms with E-state index < -0.39 is 5.97 Å². The lowest BCUT2D eigenvalue weighted by atomic mass is 9.94. The first-order valence-corrected chi connectivity index (χ1v) is 9.70. The zero-order chi connectivity index (χ0) is 20.6. The lowest BCUT2D eigenvalue weighted by molar-refractivity contribution is -0.131. The molecule has 6 heteroatoms. The number of carbonyl (C=O) groups excluding carboxylic acids is 3. The van der Waals surface area contributed by atoms with Gasteiger partial charge in [0.1, 0.15) is 5.75 Å². The number of hydrogen-bond acceptors (Lipinski definition) is 4. The molecule has 0 atom stereocenters. The number of benzene rings is 2. The van der Waals surface area contributed by atoms with Crippen molar-refractivity contribution in [3.8, 4) is 5.75 Å². The van der Waals surface area contributed by atoms with Gasteiger partial charge in [-0.1, -0.05) is 18.1 Å². The zero-order valence-electron chi connectivity index (χ0n) is 16.4. The molecule has 0 aliphatic heterocycles. The van der Waals surface area contributed by atoms with Crippen molar-refractivity contribution >= 4 is 29.2 Å². The highest BCUT2D eigenvalue weighted by atomic mass is 16.5. The Kier molecular flexibility index (Phi) is 6.79. The van der Waals surface area contributed by atoms with Crippen LogP contribution in [-0.4, -0.2) is 17.8 Å². The number of hydrogen-bond donors (Lipinski definition) is 2. The molecular formula is C23H24N2O4. The summed E-state index contributed by atoms with van der Waals surface area (Å²) in [6.07, 6.45) is 7.23. The van der Waals surface area contributed by atoms with E-state index in [9.17, 15) is 14.4 Å². The Hall–Kier alpha value is -3.41. The van der Waals surface area contributed by atoms with Crippen LogP contribution in [0.1, 0.15) is 49.4 Å². The first-order valence-electron chi connectivity index (χ1n) is 9.70. The van der Waals surface area contributed by atoms with Crippen LogP contribution in [-0.2, 0) is 9.59 Å². The number of esters is 1. The molecule has 1 aliphatic carbocycles. The minimum atomic E-state index is -0.445. The van der Waals surface area contributed by atoms with E-state index in [2.05, 4.69) is 10.6 Å². The molecule has 3 rings (SSSR count). The fraction of sp³-hybridized carbons (Fsp3) is 0.261. The second-order valence-corrected chi connectivity index (χ2v) is 7.01. The van der Waals surface area contributed by atoms with E-state index in [4.69, 9.17) is 4.74 Å². The smallest absolute Gasteiger partial charge is 0.308 e. The molecule has 6 nitrogen and oxygen atoms in total. The van der Waals surface area contributed by atoms with Gasteiger partial charge < -0.3 is 15.4 Å². The van der Waals surface area contributed by atoms with Crippen LogP contribution in [0.2, 0.25) is 0 Å². The van der Waals surface area contributed by atoms with Gasteiger partial charge in [-0.15, -0.1) is 0 Å². The molecule has 1 fully saturated rings. The van der Waals surface area contributed by atoms with Crippen molar-refractivity contribution in [1.29, 1.82) is 0 Å². The van der Waals surface area contributed by atoms with Gasteiger partial charge in [0.05, 0.1) is 0 Å². The fourth-order valence-electron chi connectivity index (χ4n) is 3.22. The second-order valence-electron chi connectivity index (χ2n) is 7.01. The third kappa shape index (κ3) is 6.31. The van der Waals surface area contributed by atoms with Gasteiger partial charge in [-0.3, -0.25) is 14.4 Å². The number of carbonyl (C=O) groups is 3. The van der Waals surface area contributed by atoms with Crippen LogP contribution in [0.4, 0.5) is 11.4 Å². The molecule has 2 aromatic carbocycles. The molecule has 0 bridgehead atoms. The van der Waals surface area contributed by atoms with Gasteiger partial charge in [0.25, 0.3) is 5.91 Å². The number of allylic oxidation sites excluding steroid dienone is 1. The third-order valence-electron chi connectivity index (χ3n) is 4.60. The van der Waals surface area contributed by atoms with Gasteiger partial charge in [0, 0.05) is 29.9 Å². The topological polar surface area (TPSA) is 84.5 Å². The van der Waals surface area contributed by atoms with E-state index in [1.165, 1.54) is 25.0 Å².